The summed E-state index contributed by atoms with van der Waals surface area (Å²) in [5.41, 5.74) is 0. The van der Waals surface area contributed by atoms with Gasteiger partial charge in [-0.2, -0.15) is 0 Å². The Bertz CT molecular complexity index is 232. The molecule has 4 nitrogen and oxygen atoms in total. The highest BCUT2D eigenvalue weighted by Gasteiger charge is 2.08. The summed E-state index contributed by atoms with van der Waals surface area (Å²) in [6.07, 6.45) is 8.02. The predicted octanol–water partition coefficient (Wildman–Crippen LogP) is 1.19. The van der Waals surface area contributed by atoms with Crippen molar-refractivity contribution in [1.29, 1.82) is 0 Å². The van der Waals surface area contributed by atoms with Crippen LogP contribution in [0.15, 0.2) is 4.99 Å². The van der Waals surface area contributed by atoms with E-state index in [0.717, 1.165) is 25.6 Å². The normalized spacial score (nSPS) is 22.5. The van der Waals surface area contributed by atoms with E-state index in [9.17, 15) is 0 Å². The van der Waals surface area contributed by atoms with Crippen LogP contribution in [0, 0.1) is 0 Å². The number of rotatable bonds is 4. The van der Waals surface area contributed by atoms with Crippen molar-refractivity contribution in [3.8, 4) is 0 Å². The molecule has 0 unspecified atom stereocenters. The molecule has 0 atom stereocenters. The number of hydrogen-bond donors (Lipinski definition) is 2. The lowest BCUT2D eigenvalue weighted by atomic mass is 10.2. The van der Waals surface area contributed by atoms with Crippen molar-refractivity contribution in [3.63, 3.8) is 0 Å². The summed E-state index contributed by atoms with van der Waals surface area (Å²) in [6.45, 7) is 6.93. The molecule has 2 N–H and O–H groups in total. The third-order valence-corrected chi connectivity index (χ3v) is 3.54. The molecule has 0 aromatic heterocycles. The monoisotopic (exact) mass is 238 g/mol. The Morgan fingerprint density at radius 1 is 1.12 bits per heavy atom. The van der Waals surface area contributed by atoms with E-state index in [-0.39, 0.29) is 0 Å². The Labute approximate surface area is 105 Å². The second-order valence-electron chi connectivity index (χ2n) is 5.05. The van der Waals surface area contributed by atoms with Gasteiger partial charge in [0.1, 0.15) is 0 Å². The first kappa shape index (κ1) is 12.7. The fraction of sp³-hybridized carbons (Fsp3) is 0.923. The van der Waals surface area contributed by atoms with E-state index in [1.807, 2.05) is 0 Å². The van der Waals surface area contributed by atoms with Crippen molar-refractivity contribution in [2.75, 3.05) is 39.3 Å². The standard InChI is InChI=1S/C13H26N4/c1-2-4-11-17(10-3-1)12-6-9-16-13-14-7-5-8-15-13/h1-12H2,(H2,14,15,16). The Morgan fingerprint density at radius 3 is 2.65 bits per heavy atom. The molecule has 98 valence electrons. The number of nitrogens with one attached hydrogen (secondary N) is 2. The number of aliphatic imine (C=N–C) groups is 1. The van der Waals surface area contributed by atoms with Crippen LogP contribution in [0.5, 0.6) is 0 Å². The largest absolute Gasteiger partial charge is 0.356 e. The maximum absolute atomic E-state index is 4.41. The summed E-state index contributed by atoms with van der Waals surface area (Å²) in [4.78, 5) is 7.03. The molecule has 2 heterocycles. The Morgan fingerprint density at radius 2 is 1.94 bits per heavy atom. The predicted molar refractivity (Wildman–Crippen MR) is 72.4 cm³/mol. The molecule has 1 saturated heterocycles. The molecule has 1 fully saturated rings. The highest BCUT2D eigenvalue weighted by molar-refractivity contribution is 5.80. The summed E-state index contributed by atoms with van der Waals surface area (Å²) in [6, 6.07) is 0. The van der Waals surface area contributed by atoms with Gasteiger partial charge in [-0.25, -0.2) is 0 Å². The lowest BCUT2D eigenvalue weighted by molar-refractivity contribution is 0.282. The SMILES string of the molecule is C1CCCN(CCCNC2=NCCCN2)CC1. The van der Waals surface area contributed by atoms with Gasteiger partial charge < -0.3 is 15.5 Å². The molecule has 2 aliphatic rings. The van der Waals surface area contributed by atoms with Crippen LogP contribution >= 0.6 is 0 Å². The van der Waals surface area contributed by atoms with E-state index >= 15 is 0 Å². The molecule has 2 rings (SSSR count). The first-order chi connectivity index (χ1) is 8.45. The Balaban J connectivity index is 1.54. The fourth-order valence-electron chi connectivity index (χ4n) is 2.52. The van der Waals surface area contributed by atoms with Crippen LogP contribution in [0.3, 0.4) is 0 Å². The van der Waals surface area contributed by atoms with Crippen LogP contribution in [0.4, 0.5) is 0 Å². The van der Waals surface area contributed by atoms with E-state index in [1.54, 1.807) is 0 Å². The quantitative estimate of drug-likeness (QED) is 0.723. The molecule has 17 heavy (non-hydrogen) atoms. The number of guanidine groups is 1. The van der Waals surface area contributed by atoms with E-state index in [0.29, 0.717) is 0 Å². The molecule has 0 bridgehead atoms. The minimum Gasteiger partial charge on any atom is -0.356 e. The Kier molecular flexibility index (Phi) is 5.62. The minimum atomic E-state index is 0.974. The summed E-state index contributed by atoms with van der Waals surface area (Å²) in [7, 11) is 0. The smallest absolute Gasteiger partial charge is 0.191 e. The summed E-state index contributed by atoms with van der Waals surface area (Å²) >= 11 is 0. The number of nitrogens with zero attached hydrogens (tertiary/aromatic N) is 2. The molecule has 0 radical (unpaired) electrons. The number of hydrogen-bond acceptors (Lipinski definition) is 4. The van der Waals surface area contributed by atoms with Crippen LogP contribution in [0.25, 0.3) is 0 Å². The molecule has 0 saturated carbocycles. The number of likely N-dealkylation sites (tertiary alicyclic amines) is 1. The minimum absolute atomic E-state index is 0.974. The summed E-state index contributed by atoms with van der Waals surface area (Å²) < 4.78 is 0. The van der Waals surface area contributed by atoms with Crippen LogP contribution < -0.4 is 10.6 Å². The molecule has 4 heteroatoms. The molecule has 0 aromatic rings. The zero-order valence-corrected chi connectivity index (χ0v) is 10.9. The first-order valence-electron chi connectivity index (χ1n) is 7.20. The van der Waals surface area contributed by atoms with Gasteiger partial charge in [0, 0.05) is 19.6 Å². The molecule has 0 aliphatic carbocycles. The van der Waals surface area contributed by atoms with Gasteiger partial charge in [-0.15, -0.1) is 0 Å². The van der Waals surface area contributed by atoms with E-state index in [2.05, 4.69) is 20.5 Å². The van der Waals surface area contributed by atoms with Crippen molar-refractivity contribution in [2.24, 2.45) is 4.99 Å². The lowest BCUT2D eigenvalue weighted by Gasteiger charge is -2.20. The van der Waals surface area contributed by atoms with Crippen LogP contribution in [0.2, 0.25) is 0 Å². The maximum Gasteiger partial charge on any atom is 0.191 e. The van der Waals surface area contributed by atoms with Crippen molar-refractivity contribution in [2.45, 2.75) is 38.5 Å². The lowest BCUT2D eigenvalue weighted by Crippen LogP contribution is -2.41. The van der Waals surface area contributed by atoms with Crippen LogP contribution in [-0.4, -0.2) is 50.1 Å². The van der Waals surface area contributed by atoms with Gasteiger partial charge in [0.2, 0.25) is 0 Å². The second-order valence-corrected chi connectivity index (χ2v) is 5.05. The van der Waals surface area contributed by atoms with Gasteiger partial charge in [0.25, 0.3) is 0 Å². The fourth-order valence-corrected chi connectivity index (χ4v) is 2.52. The van der Waals surface area contributed by atoms with Gasteiger partial charge in [0.15, 0.2) is 5.96 Å². The molecule has 0 amide bonds. The van der Waals surface area contributed by atoms with E-state index in [1.165, 1.54) is 58.2 Å². The van der Waals surface area contributed by atoms with Crippen molar-refractivity contribution >= 4 is 5.96 Å². The van der Waals surface area contributed by atoms with Gasteiger partial charge >= 0.3 is 0 Å². The topological polar surface area (TPSA) is 39.7 Å². The van der Waals surface area contributed by atoms with Crippen LogP contribution in [-0.2, 0) is 0 Å². The van der Waals surface area contributed by atoms with Gasteiger partial charge in [-0.05, 0) is 45.3 Å². The van der Waals surface area contributed by atoms with Crippen molar-refractivity contribution in [3.05, 3.63) is 0 Å². The van der Waals surface area contributed by atoms with Crippen LogP contribution in [0.1, 0.15) is 38.5 Å². The molecule has 2 aliphatic heterocycles. The van der Waals surface area contributed by atoms with Gasteiger partial charge in [-0.3, -0.25) is 4.99 Å². The van der Waals surface area contributed by atoms with E-state index < -0.39 is 0 Å². The highest BCUT2D eigenvalue weighted by Crippen LogP contribution is 2.09. The zero-order valence-electron chi connectivity index (χ0n) is 10.9. The Hall–Kier alpha value is -0.770. The molecule has 0 aromatic carbocycles. The van der Waals surface area contributed by atoms with Crippen molar-refractivity contribution in [1.82, 2.24) is 15.5 Å². The molecular weight excluding hydrogens is 212 g/mol. The van der Waals surface area contributed by atoms with Crippen molar-refractivity contribution < 1.29 is 0 Å². The summed E-state index contributed by atoms with van der Waals surface area (Å²) in [5.74, 6) is 1.01. The van der Waals surface area contributed by atoms with Gasteiger partial charge in [0.05, 0.1) is 0 Å². The summed E-state index contributed by atoms with van der Waals surface area (Å²) in [5, 5.41) is 6.68. The molecule has 0 spiro atoms. The first-order valence-corrected chi connectivity index (χ1v) is 7.20. The second kappa shape index (κ2) is 7.54. The van der Waals surface area contributed by atoms with Gasteiger partial charge in [-0.1, -0.05) is 12.8 Å². The average molecular weight is 238 g/mol. The molecular formula is C13H26N4. The third kappa shape index (κ3) is 4.94. The highest BCUT2D eigenvalue weighted by atomic mass is 15.2. The zero-order chi connectivity index (χ0) is 11.8. The maximum atomic E-state index is 4.41. The average Bonchev–Trinajstić information content (AvgIpc) is 2.65. The van der Waals surface area contributed by atoms with E-state index in [4.69, 9.17) is 0 Å². The third-order valence-electron chi connectivity index (χ3n) is 3.54.